The minimum absolute atomic E-state index is 0.161. The molecule has 0 aliphatic carbocycles. The lowest BCUT2D eigenvalue weighted by molar-refractivity contribution is 0.600. The molecule has 1 heterocycles. The fourth-order valence-electron chi connectivity index (χ4n) is 1.52. The van der Waals surface area contributed by atoms with E-state index in [1.165, 1.54) is 6.07 Å². The van der Waals surface area contributed by atoms with Gasteiger partial charge in [0.15, 0.2) is 0 Å². The van der Waals surface area contributed by atoms with Crippen molar-refractivity contribution in [2.24, 2.45) is 0 Å². The number of pyridine rings is 1. The predicted octanol–water partition coefficient (Wildman–Crippen LogP) is 4.48. The molecular formula is C12H9Br3N2O2S. The van der Waals surface area contributed by atoms with Crippen molar-refractivity contribution < 1.29 is 8.42 Å². The van der Waals surface area contributed by atoms with Gasteiger partial charge in [0.25, 0.3) is 10.0 Å². The van der Waals surface area contributed by atoms with Crippen molar-refractivity contribution in [3.63, 3.8) is 0 Å². The smallest absolute Gasteiger partial charge is 0.263 e. The van der Waals surface area contributed by atoms with Gasteiger partial charge >= 0.3 is 0 Å². The average Bonchev–Trinajstić information content (AvgIpc) is 2.35. The summed E-state index contributed by atoms with van der Waals surface area (Å²) in [6.07, 6.45) is 0. The highest BCUT2D eigenvalue weighted by Gasteiger charge is 2.19. The zero-order valence-electron chi connectivity index (χ0n) is 10.2. The topological polar surface area (TPSA) is 59.1 Å². The Morgan fingerprint density at radius 3 is 2.45 bits per heavy atom. The molecule has 20 heavy (non-hydrogen) atoms. The summed E-state index contributed by atoms with van der Waals surface area (Å²) in [6.45, 7) is 1.73. The molecule has 0 spiro atoms. The lowest BCUT2D eigenvalue weighted by Crippen LogP contribution is -2.14. The number of aromatic nitrogens is 1. The standard InChI is InChI=1S/C12H9Br3N2O2S/c1-7-10(4-5-12(15)16-7)17-20(18,19)11-6-8(13)2-3-9(11)14/h2-6,17H,1H3. The van der Waals surface area contributed by atoms with E-state index in [1.54, 1.807) is 31.2 Å². The summed E-state index contributed by atoms with van der Waals surface area (Å²) in [5.41, 5.74) is 1.04. The van der Waals surface area contributed by atoms with Crippen LogP contribution in [0.3, 0.4) is 0 Å². The Kier molecular flexibility index (Phi) is 4.88. The van der Waals surface area contributed by atoms with Crippen molar-refractivity contribution in [3.05, 3.63) is 49.6 Å². The van der Waals surface area contributed by atoms with E-state index in [-0.39, 0.29) is 4.90 Å². The van der Waals surface area contributed by atoms with Crippen LogP contribution in [0.1, 0.15) is 5.69 Å². The first-order valence-electron chi connectivity index (χ1n) is 5.40. The van der Waals surface area contributed by atoms with Crippen LogP contribution in [0.25, 0.3) is 0 Å². The van der Waals surface area contributed by atoms with E-state index in [0.717, 1.165) is 0 Å². The number of sulfonamides is 1. The fourth-order valence-corrected chi connectivity index (χ4v) is 4.54. The first-order chi connectivity index (χ1) is 9.29. The van der Waals surface area contributed by atoms with Gasteiger partial charge in [-0.05, 0) is 69.1 Å². The van der Waals surface area contributed by atoms with Crippen LogP contribution in [0.5, 0.6) is 0 Å². The third-order valence-electron chi connectivity index (χ3n) is 2.48. The van der Waals surface area contributed by atoms with Gasteiger partial charge in [0, 0.05) is 8.95 Å². The molecule has 1 aromatic heterocycles. The molecule has 0 amide bonds. The molecule has 2 rings (SSSR count). The SMILES string of the molecule is Cc1nc(Br)ccc1NS(=O)(=O)c1cc(Br)ccc1Br. The molecule has 0 aliphatic heterocycles. The van der Waals surface area contributed by atoms with Gasteiger partial charge in [0.05, 0.1) is 11.4 Å². The van der Waals surface area contributed by atoms with Crippen molar-refractivity contribution in [1.82, 2.24) is 4.98 Å². The fraction of sp³-hybridized carbons (Fsp3) is 0.0833. The van der Waals surface area contributed by atoms with Crippen molar-refractivity contribution in [3.8, 4) is 0 Å². The zero-order chi connectivity index (χ0) is 14.9. The molecule has 8 heteroatoms. The summed E-state index contributed by atoms with van der Waals surface area (Å²) in [6, 6.07) is 8.31. The highest BCUT2D eigenvalue weighted by Crippen LogP contribution is 2.28. The Bertz CT molecular complexity index is 763. The minimum atomic E-state index is -3.68. The maximum Gasteiger partial charge on any atom is 0.263 e. The van der Waals surface area contributed by atoms with Gasteiger partial charge in [-0.2, -0.15) is 0 Å². The molecule has 2 aromatic rings. The van der Waals surface area contributed by atoms with Crippen molar-refractivity contribution in [2.45, 2.75) is 11.8 Å². The maximum atomic E-state index is 12.4. The Balaban J connectivity index is 2.43. The molecule has 0 aliphatic rings. The summed E-state index contributed by atoms with van der Waals surface area (Å²) in [7, 11) is -3.68. The average molecular weight is 485 g/mol. The second-order valence-electron chi connectivity index (χ2n) is 3.95. The Morgan fingerprint density at radius 1 is 1.10 bits per heavy atom. The number of aryl methyl sites for hydroxylation is 1. The van der Waals surface area contributed by atoms with Crippen LogP contribution in [-0.2, 0) is 10.0 Å². The van der Waals surface area contributed by atoms with E-state index in [9.17, 15) is 8.42 Å². The first kappa shape index (κ1) is 15.9. The van der Waals surface area contributed by atoms with Crippen LogP contribution in [0.15, 0.2) is 48.8 Å². The maximum absolute atomic E-state index is 12.4. The summed E-state index contributed by atoms with van der Waals surface area (Å²) in [4.78, 5) is 4.32. The molecule has 0 bridgehead atoms. The van der Waals surface area contributed by atoms with E-state index < -0.39 is 10.0 Å². The monoisotopic (exact) mass is 482 g/mol. The number of anilines is 1. The quantitative estimate of drug-likeness (QED) is 0.653. The Labute approximate surface area is 142 Å². The second kappa shape index (κ2) is 6.13. The molecule has 0 saturated heterocycles. The van der Waals surface area contributed by atoms with Crippen molar-refractivity contribution in [2.75, 3.05) is 4.72 Å². The lowest BCUT2D eigenvalue weighted by Gasteiger charge is -2.11. The van der Waals surface area contributed by atoms with E-state index in [0.29, 0.717) is 24.9 Å². The summed E-state index contributed by atoms with van der Waals surface area (Å²) in [5.74, 6) is 0. The highest BCUT2D eigenvalue weighted by atomic mass is 79.9. The number of rotatable bonds is 3. The Morgan fingerprint density at radius 2 is 1.80 bits per heavy atom. The predicted molar refractivity (Wildman–Crippen MR) is 89.3 cm³/mol. The summed E-state index contributed by atoms with van der Waals surface area (Å²) in [5, 5.41) is 0. The Hall–Kier alpha value is -0.440. The van der Waals surface area contributed by atoms with Gasteiger partial charge in [-0.15, -0.1) is 0 Å². The van der Waals surface area contributed by atoms with Gasteiger partial charge in [-0.1, -0.05) is 15.9 Å². The van der Waals surface area contributed by atoms with Crippen LogP contribution in [0.2, 0.25) is 0 Å². The normalized spacial score (nSPS) is 11.4. The molecule has 0 fully saturated rings. The van der Waals surface area contributed by atoms with Crippen molar-refractivity contribution in [1.29, 1.82) is 0 Å². The molecule has 4 nitrogen and oxygen atoms in total. The molecule has 1 aromatic carbocycles. The molecular weight excluding hydrogens is 476 g/mol. The van der Waals surface area contributed by atoms with Crippen LogP contribution in [0.4, 0.5) is 5.69 Å². The molecule has 106 valence electrons. The second-order valence-corrected chi connectivity index (χ2v) is 8.18. The largest absolute Gasteiger partial charge is 0.278 e. The molecule has 0 radical (unpaired) electrons. The number of halogens is 3. The molecule has 0 atom stereocenters. The molecule has 1 N–H and O–H groups in total. The van der Waals surface area contributed by atoms with Gasteiger partial charge in [-0.25, -0.2) is 13.4 Å². The number of nitrogens with one attached hydrogen (secondary N) is 1. The van der Waals surface area contributed by atoms with Crippen LogP contribution in [0, 0.1) is 6.92 Å². The van der Waals surface area contributed by atoms with Gasteiger partial charge in [0.2, 0.25) is 0 Å². The molecule has 0 unspecified atom stereocenters. The van der Waals surface area contributed by atoms with Gasteiger partial charge < -0.3 is 0 Å². The van der Waals surface area contributed by atoms with Gasteiger partial charge in [-0.3, -0.25) is 4.72 Å². The van der Waals surface area contributed by atoms with Crippen LogP contribution >= 0.6 is 47.8 Å². The number of hydrogen-bond donors (Lipinski definition) is 1. The third kappa shape index (κ3) is 3.60. The number of hydrogen-bond acceptors (Lipinski definition) is 3. The van der Waals surface area contributed by atoms with E-state index in [2.05, 4.69) is 57.5 Å². The lowest BCUT2D eigenvalue weighted by atomic mass is 10.3. The minimum Gasteiger partial charge on any atom is -0.278 e. The van der Waals surface area contributed by atoms with Gasteiger partial charge in [0.1, 0.15) is 9.50 Å². The van der Waals surface area contributed by atoms with E-state index >= 15 is 0 Å². The highest BCUT2D eigenvalue weighted by molar-refractivity contribution is 9.11. The van der Waals surface area contributed by atoms with Crippen LogP contribution in [-0.4, -0.2) is 13.4 Å². The summed E-state index contributed by atoms with van der Waals surface area (Å²) < 4.78 is 29.2. The van der Waals surface area contributed by atoms with E-state index in [4.69, 9.17) is 0 Å². The van der Waals surface area contributed by atoms with E-state index in [1.807, 2.05) is 0 Å². The molecule has 0 saturated carbocycles. The number of nitrogens with zero attached hydrogens (tertiary/aromatic N) is 1. The first-order valence-corrected chi connectivity index (χ1v) is 9.27. The summed E-state index contributed by atoms with van der Waals surface area (Å²) >= 11 is 9.75. The van der Waals surface area contributed by atoms with Crippen LogP contribution < -0.4 is 4.72 Å². The van der Waals surface area contributed by atoms with Crippen molar-refractivity contribution >= 4 is 63.5 Å². The third-order valence-corrected chi connectivity index (χ3v) is 5.77. The number of benzene rings is 1. The zero-order valence-corrected chi connectivity index (χ0v) is 15.8.